The minimum atomic E-state index is -0.274. The summed E-state index contributed by atoms with van der Waals surface area (Å²) in [5.74, 6) is -0.303. The molecule has 0 radical (unpaired) electrons. The van der Waals surface area contributed by atoms with Crippen LogP contribution < -0.4 is 10.2 Å². The van der Waals surface area contributed by atoms with Crippen molar-refractivity contribution in [3.05, 3.63) is 53.1 Å². The zero-order valence-electron chi connectivity index (χ0n) is 16.4. The number of nitrogens with zero attached hydrogens (tertiary/aromatic N) is 2. The smallest absolute Gasteiger partial charge is 0.253 e. The molecular formula is C21H23N3O3S. The number of fused-ring (bicyclic) bond motifs is 1. The zero-order valence-corrected chi connectivity index (χ0v) is 17.2. The van der Waals surface area contributed by atoms with E-state index in [1.807, 2.05) is 38.1 Å². The normalized spacial score (nSPS) is 13.1. The number of carbonyl (C=O) groups is 3. The zero-order chi connectivity index (χ0) is 20.4. The Hall–Kier alpha value is -2.80. The van der Waals surface area contributed by atoms with Gasteiger partial charge in [0, 0.05) is 30.2 Å². The number of nitrogens with one attached hydrogen (secondary N) is 1. The average molecular weight is 398 g/mol. The molecular weight excluding hydrogens is 374 g/mol. The molecule has 0 fully saturated rings. The van der Waals surface area contributed by atoms with Crippen LogP contribution >= 0.6 is 11.8 Å². The van der Waals surface area contributed by atoms with Crippen molar-refractivity contribution in [2.75, 3.05) is 36.6 Å². The molecule has 3 rings (SSSR count). The maximum absolute atomic E-state index is 12.6. The highest BCUT2D eigenvalue weighted by Crippen LogP contribution is 2.36. The Morgan fingerprint density at radius 2 is 1.93 bits per heavy atom. The van der Waals surface area contributed by atoms with E-state index in [4.69, 9.17) is 0 Å². The molecule has 1 N–H and O–H groups in total. The summed E-state index contributed by atoms with van der Waals surface area (Å²) in [6.45, 7) is 3.83. The first-order chi connectivity index (χ1) is 13.3. The van der Waals surface area contributed by atoms with E-state index in [0.29, 0.717) is 11.3 Å². The van der Waals surface area contributed by atoms with E-state index in [-0.39, 0.29) is 30.0 Å². The van der Waals surface area contributed by atoms with Crippen LogP contribution in [-0.2, 0) is 9.59 Å². The number of benzene rings is 2. The molecule has 0 bridgehead atoms. The minimum absolute atomic E-state index is 0.0978. The van der Waals surface area contributed by atoms with Gasteiger partial charge in [-0.25, -0.2) is 0 Å². The van der Waals surface area contributed by atoms with Crippen molar-refractivity contribution in [1.82, 2.24) is 4.90 Å². The van der Waals surface area contributed by atoms with Crippen LogP contribution in [0.1, 0.15) is 21.5 Å². The minimum Gasteiger partial charge on any atom is -0.345 e. The Morgan fingerprint density at radius 3 is 2.64 bits per heavy atom. The van der Waals surface area contributed by atoms with E-state index in [9.17, 15) is 14.4 Å². The van der Waals surface area contributed by atoms with E-state index < -0.39 is 0 Å². The number of anilines is 2. The molecule has 2 aromatic carbocycles. The number of hydrogen-bond acceptors (Lipinski definition) is 4. The lowest BCUT2D eigenvalue weighted by atomic mass is 10.1. The van der Waals surface area contributed by atoms with Crippen molar-refractivity contribution < 1.29 is 14.4 Å². The molecule has 0 saturated heterocycles. The molecule has 6 nitrogen and oxygen atoms in total. The molecule has 146 valence electrons. The van der Waals surface area contributed by atoms with Crippen LogP contribution in [0.4, 0.5) is 11.4 Å². The summed E-state index contributed by atoms with van der Waals surface area (Å²) in [4.78, 5) is 41.3. The molecule has 0 aliphatic carbocycles. The highest BCUT2D eigenvalue weighted by molar-refractivity contribution is 8.00. The summed E-state index contributed by atoms with van der Waals surface area (Å²) in [7, 11) is 3.36. The van der Waals surface area contributed by atoms with Crippen LogP contribution in [-0.4, -0.2) is 49.0 Å². The second kappa shape index (κ2) is 8.06. The number of rotatable bonds is 4. The van der Waals surface area contributed by atoms with Crippen molar-refractivity contribution in [1.29, 1.82) is 0 Å². The molecule has 0 saturated carbocycles. The van der Waals surface area contributed by atoms with E-state index in [1.54, 1.807) is 26.2 Å². The molecule has 7 heteroatoms. The first-order valence-electron chi connectivity index (χ1n) is 8.93. The van der Waals surface area contributed by atoms with Crippen LogP contribution in [0.15, 0.2) is 41.3 Å². The van der Waals surface area contributed by atoms with Crippen molar-refractivity contribution in [3.8, 4) is 0 Å². The molecule has 28 heavy (non-hydrogen) atoms. The molecule has 0 unspecified atom stereocenters. The number of hydrogen-bond donors (Lipinski definition) is 1. The molecule has 1 heterocycles. The molecule has 1 aliphatic heterocycles. The Kier molecular flexibility index (Phi) is 5.74. The fourth-order valence-corrected chi connectivity index (χ4v) is 3.90. The third-order valence-electron chi connectivity index (χ3n) is 4.74. The van der Waals surface area contributed by atoms with E-state index >= 15 is 0 Å². The molecule has 0 atom stereocenters. The van der Waals surface area contributed by atoms with Crippen molar-refractivity contribution in [2.24, 2.45) is 0 Å². The van der Waals surface area contributed by atoms with Crippen molar-refractivity contribution in [3.63, 3.8) is 0 Å². The van der Waals surface area contributed by atoms with Gasteiger partial charge in [-0.2, -0.15) is 0 Å². The number of carbonyl (C=O) groups excluding carboxylic acids is 3. The lowest BCUT2D eigenvalue weighted by Gasteiger charge is -2.29. The van der Waals surface area contributed by atoms with Gasteiger partial charge in [-0.05, 0) is 49.2 Å². The second-order valence-corrected chi connectivity index (χ2v) is 7.96. The van der Waals surface area contributed by atoms with Crippen LogP contribution in [0.3, 0.4) is 0 Å². The molecule has 3 amide bonds. The van der Waals surface area contributed by atoms with E-state index in [0.717, 1.165) is 21.7 Å². The Balaban J connectivity index is 1.85. The number of amides is 3. The maximum atomic E-state index is 12.6. The van der Waals surface area contributed by atoms with Gasteiger partial charge in [-0.15, -0.1) is 11.8 Å². The largest absolute Gasteiger partial charge is 0.345 e. The van der Waals surface area contributed by atoms with Crippen LogP contribution in [0.5, 0.6) is 0 Å². The van der Waals surface area contributed by atoms with Crippen LogP contribution in [0.25, 0.3) is 0 Å². The van der Waals surface area contributed by atoms with Gasteiger partial charge in [0.25, 0.3) is 5.91 Å². The topological polar surface area (TPSA) is 69.7 Å². The Labute approximate surface area is 168 Å². The van der Waals surface area contributed by atoms with Crippen LogP contribution in [0.2, 0.25) is 0 Å². The summed E-state index contributed by atoms with van der Waals surface area (Å²) < 4.78 is 0. The molecule has 1 aliphatic rings. The van der Waals surface area contributed by atoms with Gasteiger partial charge in [-0.3, -0.25) is 14.4 Å². The maximum Gasteiger partial charge on any atom is 0.253 e. The lowest BCUT2D eigenvalue weighted by Crippen LogP contribution is -2.41. The SMILES string of the molecule is Cc1cccc(NC(=O)CN2C(=O)CSc3ccc(C(=O)N(C)C)cc32)c1C. The number of thioether (sulfide) groups is 1. The summed E-state index contributed by atoms with van der Waals surface area (Å²) in [5.41, 5.74) is 3.90. The van der Waals surface area contributed by atoms with Gasteiger partial charge < -0.3 is 15.1 Å². The molecule has 2 aromatic rings. The highest BCUT2D eigenvalue weighted by atomic mass is 32.2. The predicted molar refractivity (Wildman–Crippen MR) is 112 cm³/mol. The third kappa shape index (κ3) is 4.04. The molecule has 0 spiro atoms. The van der Waals surface area contributed by atoms with Crippen molar-refractivity contribution >= 4 is 40.9 Å². The fraction of sp³-hybridized carbons (Fsp3) is 0.286. The van der Waals surface area contributed by atoms with Gasteiger partial charge in [0.05, 0.1) is 11.4 Å². The quantitative estimate of drug-likeness (QED) is 0.861. The second-order valence-electron chi connectivity index (χ2n) is 6.95. The predicted octanol–water partition coefficient (Wildman–Crippen LogP) is 3.08. The lowest BCUT2D eigenvalue weighted by molar-refractivity contribution is -0.120. The van der Waals surface area contributed by atoms with Gasteiger partial charge in [-0.1, -0.05) is 12.1 Å². The van der Waals surface area contributed by atoms with Crippen molar-refractivity contribution in [2.45, 2.75) is 18.7 Å². The molecule has 0 aromatic heterocycles. The van der Waals surface area contributed by atoms with Gasteiger partial charge in [0.1, 0.15) is 6.54 Å². The third-order valence-corrected chi connectivity index (χ3v) is 5.78. The number of aryl methyl sites for hydroxylation is 1. The summed E-state index contributed by atoms with van der Waals surface area (Å²) in [5, 5.41) is 2.89. The van der Waals surface area contributed by atoms with Gasteiger partial charge >= 0.3 is 0 Å². The summed E-state index contributed by atoms with van der Waals surface area (Å²) >= 11 is 1.42. The van der Waals surface area contributed by atoms with Gasteiger partial charge in [0.2, 0.25) is 11.8 Å². The Bertz CT molecular complexity index is 956. The van der Waals surface area contributed by atoms with Crippen LogP contribution in [0, 0.1) is 13.8 Å². The Morgan fingerprint density at radius 1 is 1.18 bits per heavy atom. The first-order valence-corrected chi connectivity index (χ1v) is 9.91. The highest BCUT2D eigenvalue weighted by Gasteiger charge is 2.28. The van der Waals surface area contributed by atoms with E-state index in [2.05, 4.69) is 5.32 Å². The first kappa shape index (κ1) is 19.9. The fourth-order valence-electron chi connectivity index (χ4n) is 2.99. The average Bonchev–Trinajstić information content (AvgIpc) is 2.66. The summed E-state index contributed by atoms with van der Waals surface area (Å²) in [6, 6.07) is 11.0. The van der Waals surface area contributed by atoms with E-state index in [1.165, 1.54) is 21.6 Å². The monoisotopic (exact) mass is 397 g/mol. The summed E-state index contributed by atoms with van der Waals surface area (Å²) in [6.07, 6.45) is 0. The standard InChI is InChI=1S/C21H23N3O3S/c1-13-6-5-7-16(14(13)2)22-19(25)11-24-17-10-15(21(27)23(3)4)8-9-18(17)28-12-20(24)26/h5-10H,11-12H2,1-4H3,(H,22,25). The van der Waals surface area contributed by atoms with Gasteiger partial charge in [0.15, 0.2) is 0 Å².